The van der Waals surface area contributed by atoms with Crippen LogP contribution in [-0.4, -0.2) is 138 Å². The first-order chi connectivity index (χ1) is 15.5. The highest BCUT2D eigenvalue weighted by Gasteiger charge is 2.33. The summed E-state index contributed by atoms with van der Waals surface area (Å²) in [5.41, 5.74) is 0. The number of aliphatic carboxylic acids is 1. The van der Waals surface area contributed by atoms with Crippen LogP contribution in [0, 0.1) is 0 Å². The average Bonchev–Trinajstić information content (AvgIpc) is 3.37. The molecule has 4 heterocycles. The molecule has 0 spiro atoms. The van der Waals surface area contributed by atoms with E-state index in [1.165, 1.54) is 0 Å². The highest BCUT2D eigenvalue weighted by Crippen LogP contribution is 2.15. The molecule has 32 heavy (non-hydrogen) atoms. The molecule has 3 aliphatic rings. The minimum Gasteiger partial charge on any atom is -0.481 e. The maximum Gasteiger partial charge on any atom is 0.440 e. The van der Waals surface area contributed by atoms with E-state index >= 15 is 0 Å². The summed E-state index contributed by atoms with van der Waals surface area (Å²) >= 11 is 0. The van der Waals surface area contributed by atoms with Crippen LogP contribution in [0.2, 0.25) is 0 Å². The molecule has 1 aromatic heterocycles. The van der Waals surface area contributed by atoms with Gasteiger partial charge in [0.15, 0.2) is 0 Å². The smallest absolute Gasteiger partial charge is 0.440 e. The summed E-state index contributed by atoms with van der Waals surface area (Å²) < 4.78 is 10.1. The van der Waals surface area contributed by atoms with Gasteiger partial charge in [-0.2, -0.15) is 0 Å². The fourth-order valence-corrected chi connectivity index (χ4v) is 4.39. The number of aromatic nitrogens is 2. The number of carbonyl (C=O) groups excluding carboxylic acids is 1. The van der Waals surface area contributed by atoms with Crippen molar-refractivity contribution in [1.82, 2.24) is 29.7 Å². The van der Waals surface area contributed by atoms with E-state index in [0.717, 1.165) is 58.9 Å². The van der Waals surface area contributed by atoms with Crippen molar-refractivity contribution in [2.24, 2.45) is 0 Å². The van der Waals surface area contributed by atoms with E-state index in [0.29, 0.717) is 32.1 Å². The van der Waals surface area contributed by atoms with Gasteiger partial charge in [0.25, 0.3) is 0 Å². The maximum absolute atomic E-state index is 12.3. The van der Waals surface area contributed by atoms with E-state index < -0.39 is 11.7 Å². The van der Waals surface area contributed by atoms with Crippen molar-refractivity contribution in [3.8, 4) is 0 Å². The zero-order chi connectivity index (χ0) is 22.5. The Kier molecular flexibility index (Phi) is 7.27. The van der Waals surface area contributed by atoms with Crippen LogP contribution in [0.4, 0.5) is 10.7 Å². The Morgan fingerprint density at radius 2 is 1.62 bits per heavy atom. The van der Waals surface area contributed by atoms with Gasteiger partial charge >= 0.3 is 17.8 Å². The molecule has 3 saturated heterocycles. The lowest BCUT2D eigenvalue weighted by Gasteiger charge is -2.35. The summed E-state index contributed by atoms with van der Waals surface area (Å²) in [6.07, 6.45) is -0.216. The fourth-order valence-electron chi connectivity index (χ4n) is 4.39. The molecule has 1 aromatic rings. The molecule has 2 N–H and O–H groups in total. The number of nitrogens with zero attached hydrogens (tertiary/aromatic N) is 6. The van der Waals surface area contributed by atoms with Crippen LogP contribution in [0.25, 0.3) is 0 Å². The van der Waals surface area contributed by atoms with Crippen molar-refractivity contribution in [3.63, 3.8) is 0 Å². The lowest BCUT2D eigenvalue weighted by atomic mass is 10.2. The Bertz CT molecular complexity index is 828. The van der Waals surface area contributed by atoms with Crippen molar-refractivity contribution in [1.29, 1.82) is 0 Å². The van der Waals surface area contributed by atoms with Gasteiger partial charge in [0.05, 0.1) is 13.0 Å². The van der Waals surface area contributed by atoms with Gasteiger partial charge in [-0.25, -0.2) is 9.59 Å². The largest absolute Gasteiger partial charge is 0.481 e. The second-order valence-electron chi connectivity index (χ2n) is 8.49. The van der Waals surface area contributed by atoms with Gasteiger partial charge in [0.2, 0.25) is 5.95 Å². The minimum absolute atomic E-state index is 0.131. The Hall–Kier alpha value is -2.64. The summed E-state index contributed by atoms with van der Waals surface area (Å²) in [7, 11) is 0. The second kappa shape index (κ2) is 10.3. The van der Waals surface area contributed by atoms with E-state index in [1.54, 1.807) is 4.90 Å². The summed E-state index contributed by atoms with van der Waals surface area (Å²) in [5, 5.41) is 12.5. The van der Waals surface area contributed by atoms with Crippen LogP contribution in [0.3, 0.4) is 0 Å². The molecule has 4 rings (SSSR count). The summed E-state index contributed by atoms with van der Waals surface area (Å²) in [5.74, 6) is -0.855. The minimum atomic E-state index is -0.765. The van der Waals surface area contributed by atoms with Gasteiger partial charge < -0.3 is 24.5 Å². The zero-order valence-electron chi connectivity index (χ0n) is 18.1. The van der Waals surface area contributed by atoms with Crippen LogP contribution < -0.4 is 10.7 Å². The van der Waals surface area contributed by atoms with Gasteiger partial charge in [-0.3, -0.25) is 24.1 Å². The first-order valence-electron chi connectivity index (χ1n) is 11.1. The monoisotopic (exact) mass is 453 g/mol. The summed E-state index contributed by atoms with van der Waals surface area (Å²) in [6, 6.07) is 0. The van der Waals surface area contributed by atoms with Gasteiger partial charge in [0, 0.05) is 78.5 Å². The number of H-pyrrole nitrogens is 1. The predicted octanol–water partition coefficient (Wildman–Crippen LogP) is -1.60. The van der Waals surface area contributed by atoms with Gasteiger partial charge in [-0.15, -0.1) is 0 Å². The van der Waals surface area contributed by atoms with Crippen molar-refractivity contribution in [2.75, 3.05) is 90.0 Å². The van der Waals surface area contributed by atoms with Crippen LogP contribution in [0.15, 0.2) is 9.32 Å². The number of nitrogens with one attached hydrogen (secondary N) is 1. The predicted molar refractivity (Wildman–Crippen MR) is 113 cm³/mol. The first-order valence-corrected chi connectivity index (χ1v) is 11.1. The number of aromatic amines is 1. The number of cyclic esters (lactones) is 1. The number of anilines is 1. The second-order valence-corrected chi connectivity index (χ2v) is 8.49. The number of rotatable bonds is 9. The van der Waals surface area contributed by atoms with Crippen molar-refractivity contribution in [3.05, 3.63) is 10.6 Å². The standard InChI is InChI=1S/C19H31N7O6/c27-16(28)1-2-22-3-5-24(6-4-22)13-15-14-26(19(30)31-15)12-9-23-7-10-25(11-8-23)17-20-18(29)32-21-17/h15H,1-14H2,(H,27,28)(H,20,21,29). The molecule has 0 aromatic carbocycles. The third kappa shape index (κ3) is 5.99. The van der Waals surface area contributed by atoms with Crippen molar-refractivity contribution in [2.45, 2.75) is 12.5 Å². The summed E-state index contributed by atoms with van der Waals surface area (Å²) in [4.78, 5) is 47.1. The molecule has 178 valence electrons. The maximum atomic E-state index is 12.3. The number of piperazine rings is 2. The number of ether oxygens (including phenoxy) is 1. The van der Waals surface area contributed by atoms with Crippen molar-refractivity contribution >= 4 is 18.0 Å². The Labute approximate surface area is 185 Å². The molecule has 0 radical (unpaired) electrons. The number of carbonyl (C=O) groups is 2. The molecule has 13 nitrogen and oxygen atoms in total. The average molecular weight is 454 g/mol. The molecule has 0 aliphatic carbocycles. The quantitative estimate of drug-likeness (QED) is 0.447. The molecule has 3 aliphatic heterocycles. The van der Waals surface area contributed by atoms with Crippen LogP contribution in [-0.2, 0) is 9.53 Å². The molecule has 0 saturated carbocycles. The molecule has 1 unspecified atom stereocenters. The van der Waals surface area contributed by atoms with E-state index in [1.807, 2.05) is 4.90 Å². The molecule has 13 heteroatoms. The number of hydrogen-bond acceptors (Lipinski definition) is 10. The number of carboxylic acids is 1. The molecule has 3 fully saturated rings. The van der Waals surface area contributed by atoms with E-state index in [9.17, 15) is 14.4 Å². The highest BCUT2D eigenvalue weighted by atomic mass is 16.6. The lowest BCUT2D eigenvalue weighted by molar-refractivity contribution is -0.137. The SMILES string of the molecule is O=C(O)CCN1CCN(CC2CN(CCN3CCN(c4noc(=O)[nH]4)CC3)C(=O)O2)CC1. The molecular formula is C19H31N7O6. The Morgan fingerprint density at radius 1 is 0.969 bits per heavy atom. The molecular weight excluding hydrogens is 422 g/mol. The lowest BCUT2D eigenvalue weighted by Crippen LogP contribution is -2.49. The topological polar surface area (TPSA) is 139 Å². The first kappa shape index (κ1) is 22.6. The van der Waals surface area contributed by atoms with Crippen molar-refractivity contribution < 1.29 is 24.0 Å². The van der Waals surface area contributed by atoms with Crippen LogP contribution in [0.1, 0.15) is 6.42 Å². The summed E-state index contributed by atoms with van der Waals surface area (Å²) in [6.45, 7) is 9.76. The van der Waals surface area contributed by atoms with Crippen LogP contribution >= 0.6 is 0 Å². The highest BCUT2D eigenvalue weighted by molar-refractivity contribution is 5.69. The van der Waals surface area contributed by atoms with Gasteiger partial charge in [0.1, 0.15) is 6.10 Å². The number of amides is 1. The molecule has 0 bridgehead atoms. The molecule has 1 amide bonds. The van der Waals surface area contributed by atoms with Crippen LogP contribution in [0.5, 0.6) is 0 Å². The third-order valence-corrected chi connectivity index (χ3v) is 6.31. The van der Waals surface area contributed by atoms with E-state index in [4.69, 9.17) is 9.84 Å². The van der Waals surface area contributed by atoms with E-state index in [2.05, 4.69) is 29.4 Å². The fraction of sp³-hybridized carbons (Fsp3) is 0.789. The Morgan fingerprint density at radius 3 is 2.28 bits per heavy atom. The number of carboxylic acid groups (broad SMARTS) is 1. The van der Waals surface area contributed by atoms with Gasteiger partial charge in [-0.05, 0) is 5.16 Å². The zero-order valence-corrected chi connectivity index (χ0v) is 18.1. The van der Waals surface area contributed by atoms with E-state index in [-0.39, 0.29) is 18.6 Å². The number of hydrogen-bond donors (Lipinski definition) is 2. The van der Waals surface area contributed by atoms with Gasteiger partial charge in [-0.1, -0.05) is 0 Å². The molecule has 1 atom stereocenters. The normalized spacial score (nSPS) is 23.6. The third-order valence-electron chi connectivity index (χ3n) is 6.31. The Balaban J connectivity index is 1.13.